The molecule has 0 radical (unpaired) electrons. The molecule has 1 heterocycles. The molecule has 0 aliphatic heterocycles. The van der Waals surface area contributed by atoms with Gasteiger partial charge in [-0.3, -0.25) is 9.67 Å². The number of aliphatic imine (C=N–C) groups is 1. The highest BCUT2D eigenvalue weighted by atomic mass is 15.3. The van der Waals surface area contributed by atoms with E-state index in [0.29, 0.717) is 0 Å². The fourth-order valence-corrected chi connectivity index (χ4v) is 1.33. The monoisotopic (exact) mass is 223 g/mol. The predicted molar refractivity (Wildman–Crippen MR) is 66.5 cm³/mol. The van der Waals surface area contributed by atoms with Crippen LogP contribution >= 0.6 is 0 Å². The average Bonchev–Trinajstić information content (AvgIpc) is 2.80. The lowest BCUT2D eigenvalue weighted by Crippen LogP contribution is -2.39. The van der Waals surface area contributed by atoms with Crippen molar-refractivity contribution in [3.63, 3.8) is 0 Å². The molecule has 0 aromatic carbocycles. The van der Waals surface area contributed by atoms with Gasteiger partial charge in [0.1, 0.15) is 0 Å². The first-order chi connectivity index (χ1) is 7.86. The summed E-state index contributed by atoms with van der Waals surface area (Å²) in [5.41, 5.74) is 0. The van der Waals surface area contributed by atoms with Crippen molar-refractivity contribution in [2.75, 3.05) is 20.1 Å². The first-order valence-corrected chi connectivity index (χ1v) is 5.78. The van der Waals surface area contributed by atoms with Gasteiger partial charge in [-0.15, -0.1) is 0 Å². The van der Waals surface area contributed by atoms with E-state index in [1.165, 1.54) is 12.8 Å². The Morgan fingerprint density at radius 3 is 2.81 bits per heavy atom. The third-order valence-electron chi connectivity index (χ3n) is 2.24. The lowest BCUT2D eigenvalue weighted by Gasteiger charge is -2.11. The SMILES string of the molecule is CCCCNC(=NC)NCCn1cccn1. The van der Waals surface area contributed by atoms with Crippen LogP contribution in [-0.2, 0) is 6.54 Å². The van der Waals surface area contributed by atoms with Crippen LogP contribution in [0.5, 0.6) is 0 Å². The Labute approximate surface area is 97.0 Å². The van der Waals surface area contributed by atoms with Crippen LogP contribution in [0, 0.1) is 0 Å². The van der Waals surface area contributed by atoms with Crippen LogP contribution in [0.1, 0.15) is 19.8 Å². The summed E-state index contributed by atoms with van der Waals surface area (Å²) >= 11 is 0. The average molecular weight is 223 g/mol. The second kappa shape index (κ2) is 7.73. The summed E-state index contributed by atoms with van der Waals surface area (Å²) < 4.78 is 1.90. The number of rotatable bonds is 6. The number of aromatic nitrogens is 2. The van der Waals surface area contributed by atoms with Gasteiger partial charge in [-0.05, 0) is 12.5 Å². The van der Waals surface area contributed by atoms with Gasteiger partial charge in [0.2, 0.25) is 0 Å². The van der Waals surface area contributed by atoms with Crippen LogP contribution in [0.25, 0.3) is 0 Å². The number of nitrogens with one attached hydrogen (secondary N) is 2. The van der Waals surface area contributed by atoms with Crippen LogP contribution in [-0.4, -0.2) is 35.9 Å². The molecule has 1 aromatic heterocycles. The zero-order chi connectivity index (χ0) is 11.6. The molecule has 5 nitrogen and oxygen atoms in total. The molecule has 16 heavy (non-hydrogen) atoms. The summed E-state index contributed by atoms with van der Waals surface area (Å²) in [5, 5.41) is 10.6. The molecular formula is C11H21N5. The fourth-order valence-electron chi connectivity index (χ4n) is 1.33. The standard InChI is InChI=1S/C11H21N5/c1-3-4-6-13-11(12-2)14-8-10-16-9-5-7-15-16/h5,7,9H,3-4,6,8,10H2,1-2H3,(H2,12,13,14). The molecule has 2 N–H and O–H groups in total. The van der Waals surface area contributed by atoms with E-state index in [2.05, 4.69) is 27.6 Å². The van der Waals surface area contributed by atoms with Crippen molar-refractivity contribution >= 4 is 5.96 Å². The largest absolute Gasteiger partial charge is 0.356 e. The van der Waals surface area contributed by atoms with Crippen molar-refractivity contribution in [2.45, 2.75) is 26.3 Å². The molecule has 0 aliphatic carbocycles. The van der Waals surface area contributed by atoms with Crippen LogP contribution in [0.3, 0.4) is 0 Å². The van der Waals surface area contributed by atoms with E-state index in [1.807, 2.05) is 16.9 Å². The van der Waals surface area contributed by atoms with E-state index in [9.17, 15) is 0 Å². The van der Waals surface area contributed by atoms with Gasteiger partial charge < -0.3 is 10.6 Å². The number of hydrogen-bond donors (Lipinski definition) is 2. The second-order valence-electron chi connectivity index (χ2n) is 3.55. The van der Waals surface area contributed by atoms with Gasteiger partial charge in [-0.25, -0.2) is 0 Å². The molecule has 0 amide bonds. The third-order valence-corrected chi connectivity index (χ3v) is 2.24. The predicted octanol–water partition coefficient (Wildman–Crippen LogP) is 0.848. The summed E-state index contributed by atoms with van der Waals surface area (Å²) in [6.07, 6.45) is 6.10. The smallest absolute Gasteiger partial charge is 0.191 e. The van der Waals surface area contributed by atoms with Crippen LogP contribution in [0.4, 0.5) is 0 Å². The molecule has 0 unspecified atom stereocenters. The minimum atomic E-state index is 0.827. The van der Waals surface area contributed by atoms with Crippen molar-refractivity contribution < 1.29 is 0 Å². The number of hydrogen-bond acceptors (Lipinski definition) is 2. The van der Waals surface area contributed by atoms with E-state index < -0.39 is 0 Å². The van der Waals surface area contributed by atoms with Gasteiger partial charge in [-0.2, -0.15) is 5.10 Å². The highest BCUT2D eigenvalue weighted by molar-refractivity contribution is 5.79. The normalized spacial score (nSPS) is 11.5. The van der Waals surface area contributed by atoms with Gasteiger partial charge in [0.05, 0.1) is 6.54 Å². The molecule has 1 rings (SSSR count). The first kappa shape index (κ1) is 12.5. The van der Waals surface area contributed by atoms with Crippen molar-refractivity contribution in [1.29, 1.82) is 0 Å². The number of nitrogens with zero attached hydrogens (tertiary/aromatic N) is 3. The van der Waals surface area contributed by atoms with Gasteiger partial charge >= 0.3 is 0 Å². The van der Waals surface area contributed by atoms with Crippen molar-refractivity contribution in [3.8, 4) is 0 Å². The summed E-state index contributed by atoms with van der Waals surface area (Å²) in [6.45, 7) is 4.82. The molecule has 0 saturated heterocycles. The minimum absolute atomic E-state index is 0.827. The molecule has 1 aromatic rings. The van der Waals surface area contributed by atoms with Gasteiger partial charge in [0.15, 0.2) is 5.96 Å². The third kappa shape index (κ3) is 4.82. The quantitative estimate of drug-likeness (QED) is 0.427. The maximum absolute atomic E-state index is 4.14. The van der Waals surface area contributed by atoms with Gasteiger partial charge in [0.25, 0.3) is 0 Å². The summed E-state index contributed by atoms with van der Waals surface area (Å²) in [6, 6.07) is 1.92. The summed E-state index contributed by atoms with van der Waals surface area (Å²) in [4.78, 5) is 4.14. The second-order valence-corrected chi connectivity index (χ2v) is 3.55. The molecule has 0 fully saturated rings. The highest BCUT2D eigenvalue weighted by Gasteiger charge is 1.96. The molecule has 5 heteroatoms. The minimum Gasteiger partial charge on any atom is -0.356 e. The Balaban J connectivity index is 2.14. The molecule has 0 saturated carbocycles. The zero-order valence-corrected chi connectivity index (χ0v) is 10.1. The molecule has 0 aliphatic rings. The van der Waals surface area contributed by atoms with Crippen LogP contribution in [0.15, 0.2) is 23.5 Å². The number of guanidine groups is 1. The van der Waals surface area contributed by atoms with Crippen LogP contribution in [0.2, 0.25) is 0 Å². The Kier molecular flexibility index (Phi) is 6.06. The van der Waals surface area contributed by atoms with E-state index in [-0.39, 0.29) is 0 Å². The maximum Gasteiger partial charge on any atom is 0.191 e. The molecular weight excluding hydrogens is 202 g/mol. The maximum atomic E-state index is 4.14. The Morgan fingerprint density at radius 2 is 2.19 bits per heavy atom. The zero-order valence-electron chi connectivity index (χ0n) is 10.1. The summed E-state index contributed by atoms with van der Waals surface area (Å²) in [5.74, 6) is 0.862. The van der Waals surface area contributed by atoms with E-state index in [1.54, 1.807) is 13.2 Å². The Hall–Kier alpha value is -1.52. The molecule has 0 bridgehead atoms. The van der Waals surface area contributed by atoms with Crippen molar-refractivity contribution in [3.05, 3.63) is 18.5 Å². The molecule has 0 atom stereocenters. The number of unbranched alkanes of at least 4 members (excludes halogenated alkanes) is 1. The first-order valence-electron chi connectivity index (χ1n) is 5.78. The van der Waals surface area contributed by atoms with Crippen molar-refractivity contribution in [1.82, 2.24) is 20.4 Å². The lowest BCUT2D eigenvalue weighted by molar-refractivity contribution is 0.596. The van der Waals surface area contributed by atoms with Crippen molar-refractivity contribution in [2.24, 2.45) is 4.99 Å². The van der Waals surface area contributed by atoms with Gasteiger partial charge in [-0.1, -0.05) is 13.3 Å². The molecule has 0 spiro atoms. The highest BCUT2D eigenvalue weighted by Crippen LogP contribution is 1.84. The van der Waals surface area contributed by atoms with Gasteiger partial charge in [0, 0.05) is 32.5 Å². The van der Waals surface area contributed by atoms with Crippen LogP contribution < -0.4 is 10.6 Å². The van der Waals surface area contributed by atoms with E-state index >= 15 is 0 Å². The topological polar surface area (TPSA) is 54.2 Å². The van der Waals surface area contributed by atoms with E-state index in [0.717, 1.165) is 25.6 Å². The Morgan fingerprint density at radius 1 is 1.38 bits per heavy atom. The summed E-state index contributed by atoms with van der Waals surface area (Å²) in [7, 11) is 1.79. The Bertz CT molecular complexity index is 291. The van der Waals surface area contributed by atoms with E-state index in [4.69, 9.17) is 0 Å². The lowest BCUT2D eigenvalue weighted by atomic mass is 10.3. The fraction of sp³-hybridized carbons (Fsp3) is 0.636. The molecule has 90 valence electrons.